The van der Waals surface area contributed by atoms with E-state index in [0.29, 0.717) is 0 Å². The molecule has 86 valence electrons. The molecule has 0 fully saturated rings. The second-order valence-electron chi connectivity index (χ2n) is 4.25. The summed E-state index contributed by atoms with van der Waals surface area (Å²) in [6.07, 6.45) is 1.05. The first kappa shape index (κ1) is 10.8. The van der Waals surface area contributed by atoms with Gasteiger partial charge in [0.1, 0.15) is 6.10 Å². The molecule has 17 heavy (non-hydrogen) atoms. The smallest absolute Gasteiger partial charge is 0.108 e. The van der Waals surface area contributed by atoms with E-state index in [-0.39, 0.29) is 6.10 Å². The lowest BCUT2D eigenvalue weighted by molar-refractivity contribution is 0.0698. The minimum Gasteiger partial charge on any atom is -0.368 e. The van der Waals surface area contributed by atoms with Gasteiger partial charge < -0.3 is 4.74 Å². The molecule has 0 aliphatic carbocycles. The maximum absolute atomic E-state index is 5.91. The van der Waals surface area contributed by atoms with Crippen LogP contribution in [0.25, 0.3) is 0 Å². The molecule has 2 aromatic rings. The Morgan fingerprint density at radius 2 is 1.76 bits per heavy atom. The van der Waals surface area contributed by atoms with Crippen LogP contribution in [0.5, 0.6) is 0 Å². The van der Waals surface area contributed by atoms with Crippen LogP contribution in [0.15, 0.2) is 48.5 Å². The Bertz CT molecular complexity index is 519. The molecule has 1 aliphatic heterocycles. The highest BCUT2D eigenvalue weighted by Gasteiger charge is 2.21. The van der Waals surface area contributed by atoms with E-state index in [0.717, 1.165) is 18.1 Å². The van der Waals surface area contributed by atoms with Crippen LogP contribution >= 0.6 is 11.6 Å². The van der Waals surface area contributed by atoms with Gasteiger partial charge in [0.25, 0.3) is 0 Å². The van der Waals surface area contributed by atoms with Gasteiger partial charge in [0, 0.05) is 5.02 Å². The number of benzene rings is 2. The number of fused-ring (bicyclic) bond motifs is 1. The molecule has 0 saturated heterocycles. The average molecular weight is 245 g/mol. The van der Waals surface area contributed by atoms with Crippen LogP contribution in [0.2, 0.25) is 5.02 Å². The van der Waals surface area contributed by atoms with Gasteiger partial charge in [-0.2, -0.15) is 0 Å². The summed E-state index contributed by atoms with van der Waals surface area (Å²) in [6.45, 7) is 0.782. The number of hydrogen-bond acceptors (Lipinski definition) is 1. The van der Waals surface area contributed by atoms with E-state index in [1.165, 1.54) is 16.7 Å². The third-order valence-corrected chi connectivity index (χ3v) is 3.42. The predicted molar refractivity (Wildman–Crippen MR) is 69.4 cm³/mol. The second-order valence-corrected chi connectivity index (χ2v) is 4.69. The molecule has 0 N–H and O–H groups in total. The number of halogens is 1. The lowest BCUT2D eigenvalue weighted by Crippen LogP contribution is -2.17. The van der Waals surface area contributed by atoms with Crippen molar-refractivity contribution in [2.45, 2.75) is 12.5 Å². The molecule has 3 rings (SSSR count). The summed E-state index contributed by atoms with van der Waals surface area (Å²) in [4.78, 5) is 0. The Kier molecular flexibility index (Phi) is 2.87. The molecular formula is C15H13ClO. The topological polar surface area (TPSA) is 9.23 Å². The molecule has 1 nitrogen and oxygen atoms in total. The van der Waals surface area contributed by atoms with Crippen molar-refractivity contribution in [3.8, 4) is 0 Å². The van der Waals surface area contributed by atoms with Crippen molar-refractivity contribution in [3.05, 3.63) is 70.2 Å². The fraction of sp³-hybridized carbons (Fsp3) is 0.200. The van der Waals surface area contributed by atoms with E-state index in [1.807, 2.05) is 24.3 Å². The molecule has 2 aromatic carbocycles. The summed E-state index contributed by atoms with van der Waals surface area (Å²) in [6, 6.07) is 16.4. The van der Waals surface area contributed by atoms with Gasteiger partial charge >= 0.3 is 0 Å². The van der Waals surface area contributed by atoms with E-state index >= 15 is 0 Å². The van der Waals surface area contributed by atoms with Crippen LogP contribution < -0.4 is 0 Å². The zero-order valence-electron chi connectivity index (χ0n) is 9.40. The Morgan fingerprint density at radius 3 is 2.59 bits per heavy atom. The van der Waals surface area contributed by atoms with Crippen LogP contribution in [-0.2, 0) is 11.2 Å². The summed E-state index contributed by atoms with van der Waals surface area (Å²) in [5, 5.41) is 0.762. The van der Waals surface area contributed by atoms with Crippen molar-refractivity contribution in [1.82, 2.24) is 0 Å². The molecule has 0 spiro atoms. The van der Waals surface area contributed by atoms with Crippen LogP contribution in [0.4, 0.5) is 0 Å². The minimum absolute atomic E-state index is 0.0530. The first-order valence-electron chi connectivity index (χ1n) is 5.79. The zero-order valence-corrected chi connectivity index (χ0v) is 10.2. The Labute approximate surface area is 106 Å². The van der Waals surface area contributed by atoms with E-state index < -0.39 is 0 Å². The van der Waals surface area contributed by atoms with Crippen molar-refractivity contribution in [2.75, 3.05) is 6.61 Å². The summed E-state index contributed by atoms with van der Waals surface area (Å²) in [5.74, 6) is 0. The van der Waals surface area contributed by atoms with Crippen LogP contribution in [0.3, 0.4) is 0 Å². The van der Waals surface area contributed by atoms with Gasteiger partial charge in [-0.05, 0) is 35.2 Å². The molecule has 1 unspecified atom stereocenters. The summed E-state index contributed by atoms with van der Waals surface area (Å²) in [7, 11) is 0. The highest BCUT2D eigenvalue weighted by molar-refractivity contribution is 6.30. The van der Waals surface area contributed by atoms with E-state index in [1.54, 1.807) is 0 Å². The summed E-state index contributed by atoms with van der Waals surface area (Å²) in [5.41, 5.74) is 3.83. The lowest BCUT2D eigenvalue weighted by atomic mass is 9.93. The molecule has 0 amide bonds. The molecule has 0 bridgehead atoms. The van der Waals surface area contributed by atoms with Crippen LogP contribution in [-0.4, -0.2) is 6.61 Å². The van der Waals surface area contributed by atoms with E-state index in [9.17, 15) is 0 Å². The van der Waals surface area contributed by atoms with Crippen molar-refractivity contribution >= 4 is 11.6 Å². The van der Waals surface area contributed by atoms with Gasteiger partial charge in [-0.1, -0.05) is 48.0 Å². The van der Waals surface area contributed by atoms with Crippen molar-refractivity contribution < 1.29 is 4.74 Å². The Balaban J connectivity index is 2.03. The van der Waals surface area contributed by atoms with Gasteiger partial charge in [-0.3, -0.25) is 0 Å². The van der Waals surface area contributed by atoms with Gasteiger partial charge in [0.15, 0.2) is 0 Å². The molecule has 2 heteroatoms. The molecule has 0 radical (unpaired) electrons. The largest absolute Gasteiger partial charge is 0.368 e. The maximum atomic E-state index is 5.91. The van der Waals surface area contributed by atoms with Crippen molar-refractivity contribution in [1.29, 1.82) is 0 Å². The first-order valence-corrected chi connectivity index (χ1v) is 6.17. The van der Waals surface area contributed by atoms with E-state index in [2.05, 4.69) is 24.3 Å². The fourth-order valence-corrected chi connectivity index (χ4v) is 2.43. The highest BCUT2D eigenvalue weighted by atomic mass is 35.5. The molecular weight excluding hydrogens is 232 g/mol. The van der Waals surface area contributed by atoms with Gasteiger partial charge in [-0.25, -0.2) is 0 Å². The molecule has 0 saturated carbocycles. The quantitative estimate of drug-likeness (QED) is 0.737. The van der Waals surface area contributed by atoms with Gasteiger partial charge in [-0.15, -0.1) is 0 Å². The SMILES string of the molecule is Clc1ccc(C2OCCc3ccccc32)cc1. The third-order valence-electron chi connectivity index (χ3n) is 3.17. The monoisotopic (exact) mass is 244 g/mol. The van der Waals surface area contributed by atoms with E-state index in [4.69, 9.17) is 16.3 Å². The van der Waals surface area contributed by atoms with Crippen LogP contribution in [0, 0.1) is 0 Å². The average Bonchev–Trinajstić information content (AvgIpc) is 2.39. The number of rotatable bonds is 1. The number of ether oxygens (including phenoxy) is 1. The van der Waals surface area contributed by atoms with Gasteiger partial charge in [0.05, 0.1) is 6.61 Å². The standard InChI is InChI=1S/C15H13ClO/c16-13-7-5-12(6-8-13)15-14-4-2-1-3-11(14)9-10-17-15/h1-8,15H,9-10H2. The van der Waals surface area contributed by atoms with Gasteiger partial charge in [0.2, 0.25) is 0 Å². The van der Waals surface area contributed by atoms with Crippen LogP contribution in [0.1, 0.15) is 22.8 Å². The predicted octanol–water partition coefficient (Wildman–Crippen LogP) is 4.00. The number of hydrogen-bond donors (Lipinski definition) is 0. The first-order chi connectivity index (χ1) is 8.34. The Morgan fingerprint density at radius 1 is 1.00 bits per heavy atom. The lowest BCUT2D eigenvalue weighted by Gasteiger charge is -2.26. The van der Waals surface area contributed by atoms with Crippen molar-refractivity contribution in [3.63, 3.8) is 0 Å². The highest BCUT2D eigenvalue weighted by Crippen LogP contribution is 2.32. The summed E-state index contributed by atoms with van der Waals surface area (Å²) < 4.78 is 5.89. The fourth-order valence-electron chi connectivity index (χ4n) is 2.31. The zero-order chi connectivity index (χ0) is 11.7. The molecule has 0 aromatic heterocycles. The molecule has 1 aliphatic rings. The Hall–Kier alpha value is -1.31. The van der Waals surface area contributed by atoms with Crippen molar-refractivity contribution in [2.24, 2.45) is 0 Å². The third kappa shape index (κ3) is 2.08. The second kappa shape index (κ2) is 4.52. The molecule has 1 heterocycles. The maximum Gasteiger partial charge on any atom is 0.108 e. The summed E-state index contributed by atoms with van der Waals surface area (Å²) >= 11 is 5.91. The minimum atomic E-state index is 0.0530. The molecule has 1 atom stereocenters. The normalized spacial score (nSPS) is 18.8.